The molecule has 1 atom stereocenters. The molecule has 0 heterocycles. The van der Waals surface area contributed by atoms with Crippen molar-refractivity contribution in [3.05, 3.63) is 35.9 Å². The van der Waals surface area contributed by atoms with E-state index >= 15 is 0 Å². The summed E-state index contributed by atoms with van der Waals surface area (Å²) in [4.78, 5) is 13.1. The third kappa shape index (κ3) is 4.24. The van der Waals surface area contributed by atoms with E-state index < -0.39 is 30.6 Å². The lowest BCUT2D eigenvalue weighted by Gasteiger charge is -2.29. The van der Waals surface area contributed by atoms with Crippen molar-refractivity contribution < 1.29 is 18.0 Å². The van der Waals surface area contributed by atoms with Crippen LogP contribution in [-0.4, -0.2) is 30.6 Å². The first kappa shape index (κ1) is 15.5. The van der Waals surface area contributed by atoms with Gasteiger partial charge >= 0.3 is 6.18 Å². The number of hydrogen-bond donors (Lipinski definition) is 1. The Hall–Kier alpha value is -1.56. The van der Waals surface area contributed by atoms with Crippen molar-refractivity contribution in [1.29, 1.82) is 0 Å². The van der Waals surface area contributed by atoms with Gasteiger partial charge in [-0.25, -0.2) is 0 Å². The number of carbonyl (C=O) groups excluding carboxylic acids is 1. The summed E-state index contributed by atoms with van der Waals surface area (Å²) in [5.74, 6) is -0.539. The van der Waals surface area contributed by atoms with Crippen LogP contribution in [0.5, 0.6) is 0 Å². The van der Waals surface area contributed by atoms with Crippen LogP contribution in [0.4, 0.5) is 13.2 Å². The van der Waals surface area contributed by atoms with Crippen LogP contribution in [0.2, 0.25) is 0 Å². The molecule has 1 amide bonds. The molecule has 2 N–H and O–H groups in total. The molecule has 0 aliphatic carbocycles. The van der Waals surface area contributed by atoms with Gasteiger partial charge in [0.05, 0.1) is 6.42 Å². The second-order valence-corrected chi connectivity index (χ2v) is 4.66. The lowest BCUT2D eigenvalue weighted by Crippen LogP contribution is -2.50. The molecule has 0 spiro atoms. The Labute approximate surface area is 110 Å². The molecule has 0 aliphatic rings. The summed E-state index contributed by atoms with van der Waals surface area (Å²) in [5, 5.41) is 0. The minimum atomic E-state index is -4.29. The van der Waals surface area contributed by atoms with Gasteiger partial charge < -0.3 is 10.6 Å². The van der Waals surface area contributed by atoms with Gasteiger partial charge in [-0.1, -0.05) is 30.3 Å². The van der Waals surface area contributed by atoms with Crippen molar-refractivity contribution in [3.63, 3.8) is 0 Å². The molecule has 1 aromatic carbocycles. The predicted octanol–water partition coefficient (Wildman–Crippen LogP) is 2.27. The average Bonchev–Trinajstić information content (AvgIpc) is 2.35. The maximum Gasteiger partial charge on any atom is 0.390 e. The van der Waals surface area contributed by atoms with Gasteiger partial charge in [-0.3, -0.25) is 4.79 Å². The second-order valence-electron chi connectivity index (χ2n) is 4.66. The van der Waals surface area contributed by atoms with Crippen molar-refractivity contribution in [2.75, 3.05) is 13.6 Å². The lowest BCUT2D eigenvalue weighted by molar-refractivity contribution is -0.146. The SMILES string of the molecule is CN(CCC(F)(F)F)C(=O)C(C)(N)c1ccccc1. The number of hydrogen-bond acceptors (Lipinski definition) is 2. The Bertz CT molecular complexity index is 429. The van der Waals surface area contributed by atoms with Crippen LogP contribution >= 0.6 is 0 Å². The molecule has 19 heavy (non-hydrogen) atoms. The minimum Gasteiger partial charge on any atom is -0.344 e. The first-order chi connectivity index (χ1) is 8.64. The van der Waals surface area contributed by atoms with E-state index in [4.69, 9.17) is 5.73 Å². The molecule has 0 aliphatic heterocycles. The smallest absolute Gasteiger partial charge is 0.344 e. The third-order valence-electron chi connectivity index (χ3n) is 2.90. The summed E-state index contributed by atoms with van der Waals surface area (Å²) in [5.41, 5.74) is 5.19. The van der Waals surface area contributed by atoms with Gasteiger partial charge in [0.25, 0.3) is 0 Å². The molecule has 1 unspecified atom stereocenters. The van der Waals surface area contributed by atoms with Crippen molar-refractivity contribution in [1.82, 2.24) is 4.90 Å². The Morgan fingerprint density at radius 1 is 1.26 bits per heavy atom. The largest absolute Gasteiger partial charge is 0.390 e. The zero-order valence-electron chi connectivity index (χ0n) is 10.9. The van der Waals surface area contributed by atoms with E-state index in [0.717, 1.165) is 4.90 Å². The normalized spacial score (nSPS) is 14.8. The standard InChI is InChI=1S/C13H17F3N2O/c1-12(17,10-6-4-3-5-7-10)11(19)18(2)9-8-13(14,15)16/h3-7H,8-9,17H2,1-2H3. The molecule has 0 bridgehead atoms. The van der Waals surface area contributed by atoms with E-state index in [-0.39, 0.29) is 0 Å². The highest BCUT2D eigenvalue weighted by Gasteiger charge is 2.35. The summed E-state index contributed by atoms with van der Waals surface area (Å²) in [6, 6.07) is 8.58. The number of amides is 1. The summed E-state index contributed by atoms with van der Waals surface area (Å²) >= 11 is 0. The number of carbonyl (C=O) groups is 1. The zero-order chi connectivity index (χ0) is 14.7. The monoisotopic (exact) mass is 274 g/mol. The second kappa shape index (κ2) is 5.61. The van der Waals surface area contributed by atoms with Crippen LogP contribution in [-0.2, 0) is 10.3 Å². The number of rotatable bonds is 4. The molecule has 0 saturated heterocycles. The van der Waals surface area contributed by atoms with Gasteiger partial charge in [-0.2, -0.15) is 13.2 Å². The molecule has 3 nitrogen and oxygen atoms in total. The van der Waals surface area contributed by atoms with Crippen molar-refractivity contribution >= 4 is 5.91 Å². The van der Waals surface area contributed by atoms with Crippen molar-refractivity contribution in [2.45, 2.75) is 25.1 Å². The van der Waals surface area contributed by atoms with E-state index in [1.807, 2.05) is 0 Å². The molecule has 0 saturated carbocycles. The fraction of sp³-hybridized carbons (Fsp3) is 0.462. The fourth-order valence-electron chi connectivity index (χ4n) is 1.70. The summed E-state index contributed by atoms with van der Waals surface area (Å²) < 4.78 is 36.4. The maximum atomic E-state index is 12.1. The van der Waals surface area contributed by atoms with Crippen LogP contribution in [0.25, 0.3) is 0 Å². The fourth-order valence-corrected chi connectivity index (χ4v) is 1.70. The van der Waals surface area contributed by atoms with Crippen LogP contribution in [0.1, 0.15) is 18.9 Å². The topological polar surface area (TPSA) is 46.3 Å². The Morgan fingerprint density at radius 2 is 1.79 bits per heavy atom. The van der Waals surface area contributed by atoms with E-state index in [2.05, 4.69) is 0 Å². The molecular weight excluding hydrogens is 257 g/mol. The minimum absolute atomic E-state index is 0.401. The van der Waals surface area contributed by atoms with Crippen LogP contribution < -0.4 is 5.73 Å². The molecular formula is C13H17F3N2O. The molecule has 0 aromatic heterocycles. The number of nitrogens with zero attached hydrogens (tertiary/aromatic N) is 1. The number of halogens is 3. The Morgan fingerprint density at radius 3 is 2.26 bits per heavy atom. The summed E-state index contributed by atoms with van der Waals surface area (Å²) in [7, 11) is 1.32. The van der Waals surface area contributed by atoms with Gasteiger partial charge in [0, 0.05) is 13.6 Å². The predicted molar refractivity (Wildman–Crippen MR) is 66.3 cm³/mol. The first-order valence-electron chi connectivity index (χ1n) is 5.81. The molecule has 1 aromatic rings. The Kier molecular flexibility index (Phi) is 4.57. The van der Waals surface area contributed by atoms with Crippen LogP contribution in [0.15, 0.2) is 30.3 Å². The van der Waals surface area contributed by atoms with Gasteiger partial charge in [0.2, 0.25) is 5.91 Å². The maximum absolute atomic E-state index is 12.1. The number of benzene rings is 1. The molecule has 0 fully saturated rings. The van der Waals surface area contributed by atoms with Gasteiger partial charge in [-0.15, -0.1) is 0 Å². The van der Waals surface area contributed by atoms with Gasteiger partial charge in [-0.05, 0) is 12.5 Å². The van der Waals surface area contributed by atoms with Gasteiger partial charge in [0.15, 0.2) is 0 Å². The molecule has 6 heteroatoms. The van der Waals surface area contributed by atoms with E-state index in [0.29, 0.717) is 5.56 Å². The number of nitrogens with two attached hydrogens (primary N) is 1. The highest BCUT2D eigenvalue weighted by Crippen LogP contribution is 2.23. The number of alkyl halides is 3. The lowest BCUT2D eigenvalue weighted by atomic mass is 9.92. The molecule has 106 valence electrons. The molecule has 1 rings (SSSR count). The first-order valence-corrected chi connectivity index (χ1v) is 5.81. The van der Waals surface area contributed by atoms with Crippen molar-refractivity contribution in [3.8, 4) is 0 Å². The highest BCUT2D eigenvalue weighted by molar-refractivity contribution is 5.86. The van der Waals surface area contributed by atoms with E-state index in [1.165, 1.54) is 14.0 Å². The van der Waals surface area contributed by atoms with Gasteiger partial charge in [0.1, 0.15) is 5.54 Å². The average molecular weight is 274 g/mol. The quantitative estimate of drug-likeness (QED) is 0.915. The summed E-state index contributed by atoms with van der Waals surface area (Å²) in [6.45, 7) is 1.09. The molecule has 0 radical (unpaired) electrons. The highest BCUT2D eigenvalue weighted by atomic mass is 19.4. The van der Waals surface area contributed by atoms with Crippen LogP contribution in [0.3, 0.4) is 0 Å². The van der Waals surface area contributed by atoms with E-state index in [9.17, 15) is 18.0 Å². The number of likely N-dealkylation sites (N-methyl/N-ethyl adjacent to an activating group) is 1. The Balaban J connectivity index is 2.76. The van der Waals surface area contributed by atoms with Crippen molar-refractivity contribution in [2.24, 2.45) is 5.73 Å². The third-order valence-corrected chi connectivity index (χ3v) is 2.90. The summed E-state index contributed by atoms with van der Waals surface area (Å²) in [6.07, 6.45) is -5.33. The van der Waals surface area contributed by atoms with E-state index in [1.54, 1.807) is 30.3 Å². The zero-order valence-corrected chi connectivity index (χ0v) is 10.9. The van der Waals surface area contributed by atoms with Crippen LogP contribution in [0, 0.1) is 0 Å².